The van der Waals surface area contributed by atoms with E-state index in [1.165, 1.54) is 19.3 Å². The van der Waals surface area contributed by atoms with Crippen LogP contribution < -0.4 is 5.32 Å². The molecule has 16 heavy (non-hydrogen) atoms. The van der Waals surface area contributed by atoms with Gasteiger partial charge < -0.3 is 10.2 Å². The molecule has 2 fully saturated rings. The third-order valence-electron chi connectivity index (χ3n) is 3.82. The van der Waals surface area contributed by atoms with Crippen molar-refractivity contribution in [2.45, 2.75) is 45.6 Å². The van der Waals surface area contributed by atoms with Gasteiger partial charge in [-0.05, 0) is 52.0 Å². The Morgan fingerprint density at radius 1 is 1.38 bits per heavy atom. The fourth-order valence-corrected chi connectivity index (χ4v) is 2.40. The second-order valence-electron chi connectivity index (χ2n) is 5.62. The van der Waals surface area contributed by atoms with Crippen molar-refractivity contribution >= 4 is 5.91 Å². The molecule has 3 nitrogen and oxygen atoms in total. The molecule has 0 bridgehead atoms. The van der Waals surface area contributed by atoms with Crippen LogP contribution in [-0.4, -0.2) is 36.5 Å². The zero-order chi connectivity index (χ0) is 11.5. The Balaban J connectivity index is 1.75. The molecule has 1 atom stereocenters. The lowest BCUT2D eigenvalue weighted by Crippen LogP contribution is -2.45. The van der Waals surface area contributed by atoms with E-state index in [0.717, 1.165) is 32.0 Å². The minimum Gasteiger partial charge on any atom is -0.356 e. The molecule has 1 heterocycles. The summed E-state index contributed by atoms with van der Waals surface area (Å²) in [6.07, 6.45) is 4.85. The van der Waals surface area contributed by atoms with E-state index in [0.29, 0.717) is 6.04 Å². The molecule has 1 saturated carbocycles. The second-order valence-corrected chi connectivity index (χ2v) is 5.62. The van der Waals surface area contributed by atoms with Crippen LogP contribution in [0, 0.1) is 11.8 Å². The lowest BCUT2D eigenvalue weighted by molar-refractivity contribution is -0.127. The highest BCUT2D eigenvalue weighted by atomic mass is 16.1. The molecule has 0 aromatic carbocycles. The molecule has 1 saturated heterocycles. The van der Waals surface area contributed by atoms with Gasteiger partial charge in [-0.2, -0.15) is 0 Å². The number of rotatable bonds is 4. The molecule has 3 heteroatoms. The predicted octanol–water partition coefficient (Wildman–Crippen LogP) is 1.63. The summed E-state index contributed by atoms with van der Waals surface area (Å²) in [5, 5.41) is 3.11. The fraction of sp³-hybridized carbons (Fsp3) is 0.923. The summed E-state index contributed by atoms with van der Waals surface area (Å²) >= 11 is 0. The van der Waals surface area contributed by atoms with Crippen LogP contribution in [0.2, 0.25) is 0 Å². The van der Waals surface area contributed by atoms with E-state index < -0.39 is 0 Å². The van der Waals surface area contributed by atoms with Gasteiger partial charge in [0.15, 0.2) is 0 Å². The molecule has 0 unspecified atom stereocenters. The lowest BCUT2D eigenvalue weighted by Gasteiger charge is -2.34. The molecular weight excluding hydrogens is 200 g/mol. The summed E-state index contributed by atoms with van der Waals surface area (Å²) in [7, 11) is 0. The summed E-state index contributed by atoms with van der Waals surface area (Å²) in [5.74, 6) is 1.31. The molecule has 0 aromatic heterocycles. The summed E-state index contributed by atoms with van der Waals surface area (Å²) in [6, 6.07) is 0.569. The minimum atomic E-state index is 0.231. The summed E-state index contributed by atoms with van der Waals surface area (Å²) in [5.41, 5.74) is 0. The Bertz CT molecular complexity index is 248. The molecule has 1 aliphatic heterocycles. The van der Waals surface area contributed by atoms with Gasteiger partial charge in [-0.25, -0.2) is 0 Å². The molecule has 2 aliphatic rings. The number of amides is 1. The monoisotopic (exact) mass is 224 g/mol. The molecule has 92 valence electrons. The first-order valence-electron chi connectivity index (χ1n) is 6.68. The topological polar surface area (TPSA) is 32.3 Å². The summed E-state index contributed by atoms with van der Waals surface area (Å²) in [6.45, 7) is 7.45. The Kier molecular flexibility index (Phi) is 3.85. The van der Waals surface area contributed by atoms with Gasteiger partial charge in [0.1, 0.15) is 0 Å². The molecule has 1 amide bonds. The zero-order valence-corrected chi connectivity index (χ0v) is 10.5. The number of likely N-dealkylation sites (tertiary alicyclic amines) is 1. The average molecular weight is 224 g/mol. The van der Waals surface area contributed by atoms with E-state index in [1.807, 2.05) is 0 Å². The van der Waals surface area contributed by atoms with Crippen LogP contribution in [0.25, 0.3) is 0 Å². The minimum absolute atomic E-state index is 0.231. The van der Waals surface area contributed by atoms with Crippen LogP contribution in [0.5, 0.6) is 0 Å². The van der Waals surface area contributed by atoms with Gasteiger partial charge in [0.25, 0.3) is 0 Å². The SMILES string of the molecule is CC(C)N1CCC[C@@H](C(=O)NCC2CC2)C1. The van der Waals surface area contributed by atoms with Crippen molar-refractivity contribution in [2.75, 3.05) is 19.6 Å². The molecule has 1 aliphatic carbocycles. The first kappa shape index (κ1) is 11.9. The van der Waals surface area contributed by atoms with Crippen LogP contribution in [-0.2, 0) is 4.79 Å². The van der Waals surface area contributed by atoms with Gasteiger partial charge in [0.05, 0.1) is 5.92 Å². The zero-order valence-electron chi connectivity index (χ0n) is 10.5. The maximum Gasteiger partial charge on any atom is 0.224 e. The number of carbonyl (C=O) groups is 1. The van der Waals surface area contributed by atoms with Crippen molar-refractivity contribution in [1.82, 2.24) is 10.2 Å². The van der Waals surface area contributed by atoms with Crippen molar-refractivity contribution in [3.63, 3.8) is 0 Å². The van der Waals surface area contributed by atoms with Crippen molar-refractivity contribution < 1.29 is 4.79 Å². The van der Waals surface area contributed by atoms with E-state index in [1.54, 1.807) is 0 Å². The number of piperidine rings is 1. The number of hydrogen-bond donors (Lipinski definition) is 1. The molecule has 1 N–H and O–H groups in total. The van der Waals surface area contributed by atoms with Gasteiger partial charge in [-0.3, -0.25) is 4.79 Å². The Morgan fingerprint density at radius 3 is 2.75 bits per heavy atom. The highest BCUT2D eigenvalue weighted by Gasteiger charge is 2.28. The van der Waals surface area contributed by atoms with E-state index in [2.05, 4.69) is 24.1 Å². The fourth-order valence-electron chi connectivity index (χ4n) is 2.40. The predicted molar refractivity (Wildman–Crippen MR) is 65.2 cm³/mol. The average Bonchev–Trinajstić information content (AvgIpc) is 3.10. The van der Waals surface area contributed by atoms with E-state index in [4.69, 9.17) is 0 Å². The molecule has 0 radical (unpaired) electrons. The number of nitrogens with zero attached hydrogens (tertiary/aromatic N) is 1. The molecule has 0 aromatic rings. The van der Waals surface area contributed by atoms with Crippen molar-refractivity contribution in [3.8, 4) is 0 Å². The first-order chi connectivity index (χ1) is 7.66. The van der Waals surface area contributed by atoms with Crippen LogP contribution in [0.1, 0.15) is 39.5 Å². The van der Waals surface area contributed by atoms with Gasteiger partial charge in [-0.15, -0.1) is 0 Å². The summed E-state index contributed by atoms with van der Waals surface area (Å²) < 4.78 is 0. The van der Waals surface area contributed by atoms with E-state index >= 15 is 0 Å². The van der Waals surface area contributed by atoms with Crippen LogP contribution in [0.3, 0.4) is 0 Å². The highest BCUT2D eigenvalue weighted by Crippen LogP contribution is 2.28. The maximum atomic E-state index is 12.0. The lowest BCUT2D eigenvalue weighted by atomic mass is 9.96. The highest BCUT2D eigenvalue weighted by molar-refractivity contribution is 5.79. The van der Waals surface area contributed by atoms with Gasteiger partial charge in [-0.1, -0.05) is 0 Å². The third-order valence-corrected chi connectivity index (χ3v) is 3.82. The normalized spacial score (nSPS) is 27.1. The summed E-state index contributed by atoms with van der Waals surface area (Å²) in [4.78, 5) is 14.4. The van der Waals surface area contributed by atoms with Gasteiger partial charge >= 0.3 is 0 Å². The standard InChI is InChI=1S/C13H24N2O/c1-10(2)15-7-3-4-12(9-15)13(16)14-8-11-5-6-11/h10-12H,3-9H2,1-2H3,(H,14,16)/t12-/m1/s1. The van der Waals surface area contributed by atoms with E-state index in [9.17, 15) is 4.79 Å². The van der Waals surface area contributed by atoms with Crippen LogP contribution >= 0.6 is 0 Å². The maximum absolute atomic E-state index is 12.0. The van der Waals surface area contributed by atoms with E-state index in [-0.39, 0.29) is 11.8 Å². The number of nitrogens with one attached hydrogen (secondary N) is 1. The second kappa shape index (κ2) is 5.17. The van der Waals surface area contributed by atoms with Crippen LogP contribution in [0.15, 0.2) is 0 Å². The van der Waals surface area contributed by atoms with Crippen molar-refractivity contribution in [1.29, 1.82) is 0 Å². The quantitative estimate of drug-likeness (QED) is 0.787. The number of hydrogen-bond acceptors (Lipinski definition) is 2. The molecule has 2 rings (SSSR count). The van der Waals surface area contributed by atoms with Crippen LogP contribution in [0.4, 0.5) is 0 Å². The third kappa shape index (κ3) is 3.21. The largest absolute Gasteiger partial charge is 0.356 e. The smallest absolute Gasteiger partial charge is 0.224 e. The van der Waals surface area contributed by atoms with Crippen molar-refractivity contribution in [3.05, 3.63) is 0 Å². The molecule has 0 spiro atoms. The van der Waals surface area contributed by atoms with Crippen molar-refractivity contribution in [2.24, 2.45) is 11.8 Å². The Morgan fingerprint density at radius 2 is 2.12 bits per heavy atom. The number of carbonyl (C=O) groups excluding carboxylic acids is 1. The molecular formula is C13H24N2O. The first-order valence-corrected chi connectivity index (χ1v) is 6.68. The van der Waals surface area contributed by atoms with Gasteiger partial charge in [0.2, 0.25) is 5.91 Å². The Hall–Kier alpha value is -0.570. The van der Waals surface area contributed by atoms with Gasteiger partial charge in [0, 0.05) is 19.1 Å². The Labute approximate surface area is 98.6 Å².